The van der Waals surface area contributed by atoms with Crippen LogP contribution in [0.5, 0.6) is 0 Å². The van der Waals surface area contributed by atoms with Crippen molar-refractivity contribution < 1.29 is 0 Å². The number of thiophene rings is 1. The van der Waals surface area contributed by atoms with Gasteiger partial charge in [-0.1, -0.05) is 6.42 Å². The zero-order chi connectivity index (χ0) is 13.7. The lowest BCUT2D eigenvalue weighted by Crippen LogP contribution is -2.49. The molecule has 20 heavy (non-hydrogen) atoms. The molecule has 1 N–H and O–H groups in total. The molecule has 2 fully saturated rings. The van der Waals surface area contributed by atoms with Gasteiger partial charge in [0.2, 0.25) is 0 Å². The molecule has 1 aromatic heterocycles. The van der Waals surface area contributed by atoms with Crippen LogP contribution in [0.4, 0.5) is 0 Å². The average molecular weight is 307 g/mol. The molecule has 3 aliphatic rings. The maximum Gasteiger partial charge on any atom is 0.169 e. The molecule has 0 saturated heterocycles. The van der Waals surface area contributed by atoms with Crippen molar-refractivity contribution in [3.8, 4) is 0 Å². The van der Waals surface area contributed by atoms with E-state index in [2.05, 4.69) is 28.6 Å². The van der Waals surface area contributed by atoms with Gasteiger partial charge in [-0.05, 0) is 73.7 Å². The molecule has 2 nitrogen and oxygen atoms in total. The Morgan fingerprint density at radius 1 is 1.40 bits per heavy atom. The van der Waals surface area contributed by atoms with Crippen LogP contribution in [0, 0.1) is 11.8 Å². The fourth-order valence-corrected chi connectivity index (χ4v) is 5.81. The maximum atomic E-state index is 5.72. The number of nitrogens with one attached hydrogen (secondary N) is 1. The number of hydrogen-bond donors (Lipinski definition) is 1. The molecular formula is C16H22N2S2. The fraction of sp³-hybridized carbons (Fsp3) is 0.688. The summed E-state index contributed by atoms with van der Waals surface area (Å²) < 4.78 is 0. The van der Waals surface area contributed by atoms with Gasteiger partial charge in [0.25, 0.3) is 0 Å². The first-order valence-electron chi connectivity index (χ1n) is 7.86. The van der Waals surface area contributed by atoms with E-state index in [4.69, 9.17) is 12.2 Å². The maximum absolute atomic E-state index is 5.72. The third-order valence-corrected chi connectivity index (χ3v) is 6.93. The van der Waals surface area contributed by atoms with Gasteiger partial charge in [0, 0.05) is 17.5 Å². The number of nitrogens with zero attached hydrogens (tertiary/aromatic N) is 1. The Balaban J connectivity index is 1.44. The van der Waals surface area contributed by atoms with E-state index in [1.54, 1.807) is 4.88 Å². The van der Waals surface area contributed by atoms with Gasteiger partial charge in [-0.3, -0.25) is 0 Å². The highest BCUT2D eigenvalue weighted by molar-refractivity contribution is 7.80. The SMILES string of the molecule is CC1c2ccsc2CCN1C(=S)NC1CC2CCC1C2. The highest BCUT2D eigenvalue weighted by Crippen LogP contribution is 2.44. The van der Waals surface area contributed by atoms with Crippen LogP contribution >= 0.6 is 23.6 Å². The second kappa shape index (κ2) is 4.99. The van der Waals surface area contributed by atoms with Crippen LogP contribution in [0.2, 0.25) is 0 Å². The Hall–Kier alpha value is -0.610. The molecule has 0 spiro atoms. The minimum absolute atomic E-state index is 0.434. The molecule has 0 aromatic carbocycles. The predicted molar refractivity (Wildman–Crippen MR) is 88.1 cm³/mol. The van der Waals surface area contributed by atoms with E-state index in [1.165, 1.54) is 31.2 Å². The predicted octanol–water partition coefficient (Wildman–Crippen LogP) is 3.73. The largest absolute Gasteiger partial charge is 0.360 e. The molecule has 2 aliphatic carbocycles. The minimum atomic E-state index is 0.434. The molecule has 4 rings (SSSR count). The summed E-state index contributed by atoms with van der Waals surface area (Å²) in [7, 11) is 0. The van der Waals surface area contributed by atoms with Crippen molar-refractivity contribution in [2.75, 3.05) is 6.54 Å². The summed E-state index contributed by atoms with van der Waals surface area (Å²) >= 11 is 7.62. The molecule has 2 bridgehead atoms. The third-order valence-electron chi connectivity index (χ3n) is 5.59. The highest BCUT2D eigenvalue weighted by Gasteiger charge is 2.40. The van der Waals surface area contributed by atoms with Gasteiger partial charge in [0.05, 0.1) is 6.04 Å². The van der Waals surface area contributed by atoms with Gasteiger partial charge >= 0.3 is 0 Å². The Labute approximate surface area is 130 Å². The molecule has 0 amide bonds. The minimum Gasteiger partial charge on any atom is -0.360 e. The topological polar surface area (TPSA) is 15.3 Å². The zero-order valence-corrected chi connectivity index (χ0v) is 13.6. The summed E-state index contributed by atoms with van der Waals surface area (Å²) in [5, 5.41) is 6.91. The molecule has 2 heterocycles. The smallest absolute Gasteiger partial charge is 0.169 e. The van der Waals surface area contributed by atoms with Crippen molar-refractivity contribution in [2.45, 2.75) is 51.1 Å². The highest BCUT2D eigenvalue weighted by atomic mass is 32.1. The Kier molecular flexibility index (Phi) is 3.26. The van der Waals surface area contributed by atoms with E-state index < -0.39 is 0 Å². The zero-order valence-electron chi connectivity index (χ0n) is 12.0. The average Bonchev–Trinajstić information content (AvgIpc) is 3.14. The van der Waals surface area contributed by atoms with Crippen molar-refractivity contribution in [1.29, 1.82) is 0 Å². The summed E-state index contributed by atoms with van der Waals surface area (Å²) in [6.45, 7) is 3.36. The molecule has 0 radical (unpaired) electrons. The van der Waals surface area contributed by atoms with Gasteiger partial charge in [-0.15, -0.1) is 11.3 Å². The summed E-state index contributed by atoms with van der Waals surface area (Å²) in [5.74, 6) is 1.86. The first-order chi connectivity index (χ1) is 9.72. The normalized spacial score (nSPS) is 35.1. The lowest BCUT2D eigenvalue weighted by molar-refractivity contribution is 0.301. The first-order valence-corrected chi connectivity index (χ1v) is 9.14. The number of thiocarbonyl (C=S) groups is 1. The van der Waals surface area contributed by atoms with Gasteiger partial charge in [-0.2, -0.15) is 0 Å². The van der Waals surface area contributed by atoms with Crippen molar-refractivity contribution in [3.63, 3.8) is 0 Å². The van der Waals surface area contributed by atoms with Crippen LogP contribution < -0.4 is 5.32 Å². The van der Waals surface area contributed by atoms with E-state index in [-0.39, 0.29) is 0 Å². The quantitative estimate of drug-likeness (QED) is 0.796. The molecule has 108 valence electrons. The van der Waals surface area contributed by atoms with E-state index in [1.807, 2.05) is 11.3 Å². The van der Waals surface area contributed by atoms with E-state index >= 15 is 0 Å². The van der Waals surface area contributed by atoms with Crippen LogP contribution in [0.3, 0.4) is 0 Å². The second-order valence-corrected chi connectivity index (χ2v) is 8.04. The molecule has 4 unspecified atom stereocenters. The lowest BCUT2D eigenvalue weighted by Gasteiger charge is -2.37. The van der Waals surface area contributed by atoms with Crippen LogP contribution in [-0.4, -0.2) is 22.6 Å². The number of fused-ring (bicyclic) bond motifs is 3. The molecule has 2 saturated carbocycles. The van der Waals surface area contributed by atoms with Crippen LogP contribution in [0.25, 0.3) is 0 Å². The van der Waals surface area contributed by atoms with Crippen molar-refractivity contribution in [1.82, 2.24) is 10.2 Å². The van der Waals surface area contributed by atoms with Gasteiger partial charge in [-0.25, -0.2) is 0 Å². The summed E-state index contributed by atoms with van der Waals surface area (Å²) in [6, 6.07) is 3.36. The van der Waals surface area contributed by atoms with Crippen LogP contribution in [-0.2, 0) is 6.42 Å². The molecule has 4 atom stereocenters. The van der Waals surface area contributed by atoms with Crippen LogP contribution in [0.1, 0.15) is 49.1 Å². The fourth-order valence-electron chi connectivity index (χ4n) is 4.45. The monoisotopic (exact) mass is 306 g/mol. The van der Waals surface area contributed by atoms with Gasteiger partial charge < -0.3 is 10.2 Å². The van der Waals surface area contributed by atoms with Crippen molar-refractivity contribution in [3.05, 3.63) is 21.9 Å². The van der Waals surface area contributed by atoms with Crippen LogP contribution in [0.15, 0.2) is 11.4 Å². The molecular weight excluding hydrogens is 284 g/mol. The van der Waals surface area contributed by atoms with E-state index in [0.717, 1.165) is 29.9 Å². The standard InChI is InChI=1S/C16H22N2S2/c1-10-13-5-7-20-15(13)4-6-18(10)16(19)17-14-9-11-2-3-12(14)8-11/h5,7,10-12,14H,2-4,6,8-9H2,1H3,(H,17,19). The van der Waals surface area contributed by atoms with Gasteiger partial charge in [0.15, 0.2) is 5.11 Å². The van der Waals surface area contributed by atoms with Crippen molar-refractivity contribution in [2.24, 2.45) is 11.8 Å². The van der Waals surface area contributed by atoms with Gasteiger partial charge in [0.1, 0.15) is 0 Å². The summed E-state index contributed by atoms with van der Waals surface area (Å²) in [4.78, 5) is 3.95. The number of rotatable bonds is 1. The third kappa shape index (κ3) is 2.08. The van der Waals surface area contributed by atoms with Crippen molar-refractivity contribution >= 4 is 28.7 Å². The molecule has 1 aromatic rings. The second-order valence-electron chi connectivity index (χ2n) is 6.65. The molecule has 4 heteroatoms. The van der Waals surface area contributed by atoms with E-state index in [0.29, 0.717) is 12.1 Å². The Morgan fingerprint density at radius 3 is 3.05 bits per heavy atom. The Bertz CT molecular complexity index is 524. The summed E-state index contributed by atoms with van der Waals surface area (Å²) in [6.07, 6.45) is 6.79. The first kappa shape index (κ1) is 13.1. The number of hydrogen-bond acceptors (Lipinski definition) is 2. The van der Waals surface area contributed by atoms with E-state index in [9.17, 15) is 0 Å². The Morgan fingerprint density at radius 2 is 2.30 bits per heavy atom. The lowest BCUT2D eigenvalue weighted by atomic mass is 9.95. The summed E-state index contributed by atoms with van der Waals surface area (Å²) in [5.41, 5.74) is 1.48. The molecule has 1 aliphatic heterocycles.